The van der Waals surface area contributed by atoms with Gasteiger partial charge in [-0.05, 0) is 89.9 Å². The first-order valence-electron chi connectivity index (χ1n) is 26.7. The van der Waals surface area contributed by atoms with Crippen molar-refractivity contribution < 1.29 is 69.0 Å². The summed E-state index contributed by atoms with van der Waals surface area (Å²) in [5.74, 6) is -0.403. The second kappa shape index (κ2) is 42.7. The predicted molar refractivity (Wildman–Crippen MR) is 275 cm³/mol. The third-order valence-electron chi connectivity index (χ3n) is 12.1. The van der Waals surface area contributed by atoms with E-state index in [9.17, 15) is 40.5 Å². The van der Waals surface area contributed by atoms with Gasteiger partial charge in [0, 0.05) is 13.0 Å². The maximum Gasteiger partial charge on any atom is 0.306 e. The van der Waals surface area contributed by atoms with Gasteiger partial charge in [-0.15, -0.1) is 0 Å². The molecule has 2 fully saturated rings. The lowest BCUT2D eigenvalue weighted by atomic mass is 9.98. The van der Waals surface area contributed by atoms with Crippen LogP contribution in [0.1, 0.15) is 162 Å². The molecular weight excluding hydrogens is 897 g/mol. The van der Waals surface area contributed by atoms with Gasteiger partial charge >= 0.3 is 5.97 Å². The number of ether oxygens (including phenoxy) is 6. The van der Waals surface area contributed by atoms with Crippen LogP contribution in [-0.2, 0) is 33.2 Å². The molecular formula is C56H94O14. The molecule has 0 aromatic rings. The summed E-state index contributed by atoms with van der Waals surface area (Å²) in [6.45, 7) is 3.42. The minimum absolute atomic E-state index is 0.0239. The first-order chi connectivity index (χ1) is 34.1. The number of unbranched alkanes of at least 4 members (excludes halogenated alkanes) is 13. The summed E-state index contributed by atoms with van der Waals surface area (Å²) in [7, 11) is 0. The fourth-order valence-electron chi connectivity index (χ4n) is 7.81. The van der Waals surface area contributed by atoms with E-state index < -0.39 is 86.7 Å². The number of rotatable bonds is 41. The molecule has 70 heavy (non-hydrogen) atoms. The van der Waals surface area contributed by atoms with E-state index in [1.807, 2.05) is 0 Å². The highest BCUT2D eigenvalue weighted by atomic mass is 16.7. The molecule has 2 rings (SSSR count). The van der Waals surface area contributed by atoms with Crippen LogP contribution in [0.15, 0.2) is 85.1 Å². The van der Waals surface area contributed by atoms with Crippen LogP contribution in [0.3, 0.4) is 0 Å². The third kappa shape index (κ3) is 29.6. The second-order valence-corrected chi connectivity index (χ2v) is 18.3. The molecule has 0 aliphatic carbocycles. The van der Waals surface area contributed by atoms with Crippen LogP contribution in [0.4, 0.5) is 0 Å². The minimum Gasteiger partial charge on any atom is -0.457 e. The Bertz CT molecular complexity index is 1480. The molecule has 0 aromatic carbocycles. The average molecular weight is 991 g/mol. The smallest absolute Gasteiger partial charge is 0.306 e. The number of carbonyl (C=O) groups excluding carboxylic acids is 1. The maximum atomic E-state index is 13.0. The van der Waals surface area contributed by atoms with Gasteiger partial charge < -0.3 is 64.2 Å². The Labute approximate surface area is 420 Å². The molecule has 0 amide bonds. The summed E-state index contributed by atoms with van der Waals surface area (Å²) in [6.07, 6.45) is 37.9. The molecule has 2 saturated heterocycles. The Hall–Kier alpha value is -2.83. The van der Waals surface area contributed by atoms with E-state index in [2.05, 4.69) is 98.9 Å². The molecule has 0 radical (unpaired) electrons. The van der Waals surface area contributed by atoms with Gasteiger partial charge in [0.05, 0.1) is 26.4 Å². The topological polar surface area (TPSA) is 214 Å². The minimum atomic E-state index is -1.72. The first-order valence-corrected chi connectivity index (χ1v) is 26.7. The summed E-state index contributed by atoms with van der Waals surface area (Å²) in [6, 6.07) is 0. The zero-order valence-electron chi connectivity index (χ0n) is 42.7. The van der Waals surface area contributed by atoms with Gasteiger partial charge in [-0.25, -0.2) is 0 Å². The van der Waals surface area contributed by atoms with Crippen molar-refractivity contribution in [3.05, 3.63) is 85.1 Å². The van der Waals surface area contributed by atoms with Gasteiger partial charge in [0.1, 0.15) is 54.9 Å². The van der Waals surface area contributed by atoms with Crippen molar-refractivity contribution in [3.8, 4) is 0 Å². The largest absolute Gasteiger partial charge is 0.457 e. The maximum absolute atomic E-state index is 13.0. The van der Waals surface area contributed by atoms with E-state index in [0.29, 0.717) is 13.0 Å². The second-order valence-electron chi connectivity index (χ2n) is 18.3. The molecule has 2 heterocycles. The monoisotopic (exact) mass is 991 g/mol. The van der Waals surface area contributed by atoms with Crippen LogP contribution >= 0.6 is 0 Å². The number of esters is 1. The molecule has 0 saturated carbocycles. The third-order valence-corrected chi connectivity index (χ3v) is 12.1. The molecule has 2 aliphatic heterocycles. The van der Waals surface area contributed by atoms with Gasteiger partial charge in [0.15, 0.2) is 12.6 Å². The van der Waals surface area contributed by atoms with Gasteiger partial charge in [0.25, 0.3) is 0 Å². The Morgan fingerprint density at radius 1 is 0.486 bits per heavy atom. The molecule has 14 nitrogen and oxygen atoms in total. The average Bonchev–Trinajstić information content (AvgIpc) is 3.36. The summed E-state index contributed by atoms with van der Waals surface area (Å²) < 4.78 is 34.2. The summed E-state index contributed by atoms with van der Waals surface area (Å²) in [4.78, 5) is 13.0. The fraction of sp³-hybridized carbons (Fsp3) is 0.732. The standard InChI is InChI=1S/C56H94O14/c1-3-5-7-9-11-13-15-17-19-21-23-25-27-29-31-33-35-37-39-48(58)68-45(42-65-40-38-36-34-32-30-28-26-24-22-20-18-16-14-12-10-8-6-4-2)43-66-55-54(64)52(62)50(60)47(70-55)44-67-56-53(63)51(61)49(59)46(41-57)69-56/h6,8,12-15,18-21,24,26,30,32,45-47,49-57,59-64H,3-5,7,9-11,16-17,22-23,25,27-29,31,33-44H2,1-2H3/b8-6-,14-12-,15-13-,20-18-,21-19-,26-24-,32-30-. The molecule has 2 aliphatic rings. The fourth-order valence-corrected chi connectivity index (χ4v) is 7.81. The number of hydrogen-bond donors (Lipinski definition) is 7. The van der Waals surface area contributed by atoms with Crippen molar-refractivity contribution in [1.82, 2.24) is 0 Å². The molecule has 0 spiro atoms. The van der Waals surface area contributed by atoms with Crippen LogP contribution in [0.25, 0.3) is 0 Å². The van der Waals surface area contributed by atoms with Crippen molar-refractivity contribution in [3.63, 3.8) is 0 Å². The Kier molecular flexibility index (Phi) is 38.6. The van der Waals surface area contributed by atoms with E-state index in [0.717, 1.165) is 89.9 Å². The van der Waals surface area contributed by atoms with Crippen LogP contribution < -0.4 is 0 Å². The summed E-state index contributed by atoms with van der Waals surface area (Å²) in [5, 5.41) is 72.2. The highest BCUT2D eigenvalue weighted by Crippen LogP contribution is 2.26. The van der Waals surface area contributed by atoms with Crippen LogP contribution in [-0.4, -0.2) is 142 Å². The predicted octanol–water partition coefficient (Wildman–Crippen LogP) is 8.46. The molecule has 11 unspecified atom stereocenters. The van der Waals surface area contributed by atoms with Gasteiger partial charge in [-0.1, -0.05) is 150 Å². The van der Waals surface area contributed by atoms with Crippen LogP contribution in [0, 0.1) is 0 Å². The zero-order chi connectivity index (χ0) is 50.9. The van der Waals surface area contributed by atoms with Gasteiger partial charge in [0.2, 0.25) is 0 Å². The van der Waals surface area contributed by atoms with E-state index in [1.165, 1.54) is 44.9 Å². The van der Waals surface area contributed by atoms with E-state index in [4.69, 9.17) is 28.4 Å². The van der Waals surface area contributed by atoms with Gasteiger partial charge in [-0.2, -0.15) is 0 Å². The number of allylic oxidation sites excluding steroid dienone is 14. The highest BCUT2D eigenvalue weighted by Gasteiger charge is 2.47. The highest BCUT2D eigenvalue weighted by molar-refractivity contribution is 5.69. The van der Waals surface area contributed by atoms with Crippen molar-refractivity contribution in [2.24, 2.45) is 0 Å². The van der Waals surface area contributed by atoms with Crippen molar-refractivity contribution in [1.29, 1.82) is 0 Å². The summed E-state index contributed by atoms with van der Waals surface area (Å²) >= 11 is 0. The van der Waals surface area contributed by atoms with Gasteiger partial charge in [-0.3, -0.25) is 4.79 Å². The molecule has 402 valence electrons. The van der Waals surface area contributed by atoms with E-state index in [-0.39, 0.29) is 19.6 Å². The number of aliphatic hydroxyl groups excluding tert-OH is 7. The van der Waals surface area contributed by atoms with E-state index >= 15 is 0 Å². The van der Waals surface area contributed by atoms with Crippen molar-refractivity contribution in [2.45, 2.75) is 229 Å². The van der Waals surface area contributed by atoms with Crippen molar-refractivity contribution >= 4 is 5.97 Å². The SMILES string of the molecule is CC/C=C\C/C=C\C/C=C\C/C=C\C/C=C\CCCCOCC(COC1OC(COC2OC(CO)C(O)C(O)C2O)C(O)C(O)C1O)OC(=O)CCCCCCCCC/C=C\C/C=C\CCCCCC. The first kappa shape index (κ1) is 63.3. The lowest BCUT2D eigenvalue weighted by Crippen LogP contribution is -2.61. The molecule has 7 N–H and O–H groups in total. The van der Waals surface area contributed by atoms with Crippen LogP contribution in [0.5, 0.6) is 0 Å². The summed E-state index contributed by atoms with van der Waals surface area (Å²) in [5.41, 5.74) is 0. The van der Waals surface area contributed by atoms with Crippen LogP contribution in [0.2, 0.25) is 0 Å². The Morgan fingerprint density at radius 2 is 0.929 bits per heavy atom. The Morgan fingerprint density at radius 3 is 1.46 bits per heavy atom. The normalized spacial score (nSPS) is 26.2. The molecule has 0 bridgehead atoms. The van der Waals surface area contributed by atoms with Crippen molar-refractivity contribution in [2.75, 3.05) is 33.0 Å². The van der Waals surface area contributed by atoms with E-state index in [1.54, 1.807) is 0 Å². The zero-order valence-corrected chi connectivity index (χ0v) is 42.7. The molecule has 0 aromatic heterocycles. The number of aliphatic hydroxyl groups is 7. The lowest BCUT2D eigenvalue weighted by Gasteiger charge is -2.42. The number of carbonyl (C=O) groups is 1. The number of hydrogen-bond acceptors (Lipinski definition) is 14. The molecule has 11 atom stereocenters. The quantitative estimate of drug-likeness (QED) is 0.0174. The lowest BCUT2D eigenvalue weighted by molar-refractivity contribution is -0.332. The molecule has 14 heteroatoms. The Balaban J connectivity index is 1.79.